The zero-order chi connectivity index (χ0) is 12.7. The number of nitrogens with two attached hydrogens (primary N) is 1. The Labute approximate surface area is 110 Å². The molecule has 18 heavy (non-hydrogen) atoms. The van der Waals surface area contributed by atoms with Crippen molar-refractivity contribution in [1.82, 2.24) is 4.90 Å². The first kappa shape index (κ1) is 11.7. The molecule has 0 spiro atoms. The van der Waals surface area contributed by atoms with Gasteiger partial charge in [0.25, 0.3) is 5.91 Å². The van der Waals surface area contributed by atoms with Gasteiger partial charge in [-0.2, -0.15) is 0 Å². The van der Waals surface area contributed by atoms with Crippen LogP contribution in [0, 0.1) is 6.92 Å². The molecule has 0 aliphatic carbocycles. The van der Waals surface area contributed by atoms with Crippen molar-refractivity contribution in [2.45, 2.75) is 19.4 Å². The number of thiophene rings is 1. The van der Waals surface area contributed by atoms with Gasteiger partial charge in [0.2, 0.25) is 0 Å². The molecule has 4 heteroatoms. The number of aryl methyl sites for hydroxylation is 1. The maximum Gasteiger partial charge on any atom is 0.255 e. The van der Waals surface area contributed by atoms with Gasteiger partial charge >= 0.3 is 0 Å². The monoisotopic (exact) mass is 260 g/mol. The Bertz CT molecular complexity index is 605. The lowest BCUT2D eigenvalue weighted by Crippen LogP contribution is -2.32. The van der Waals surface area contributed by atoms with E-state index in [0.29, 0.717) is 6.54 Å². The molecule has 3 nitrogen and oxygen atoms in total. The predicted octanol–water partition coefficient (Wildman–Crippen LogP) is 2.38. The van der Waals surface area contributed by atoms with E-state index >= 15 is 0 Å². The van der Waals surface area contributed by atoms with Crippen LogP contribution < -0.4 is 5.73 Å². The number of hydrogen-bond donors (Lipinski definition) is 1. The lowest BCUT2D eigenvalue weighted by atomic mass is 10.1. The smallest absolute Gasteiger partial charge is 0.255 e. The number of likely N-dealkylation sites (tertiary alicyclic amines) is 1. The van der Waals surface area contributed by atoms with Gasteiger partial charge in [-0.3, -0.25) is 4.79 Å². The number of carbonyl (C=O) groups is 1. The largest absolute Gasteiger partial charge is 0.337 e. The van der Waals surface area contributed by atoms with Gasteiger partial charge in [0, 0.05) is 34.1 Å². The van der Waals surface area contributed by atoms with E-state index in [4.69, 9.17) is 5.73 Å². The van der Waals surface area contributed by atoms with E-state index in [1.54, 1.807) is 11.3 Å². The molecule has 1 atom stereocenters. The van der Waals surface area contributed by atoms with E-state index in [0.717, 1.165) is 28.8 Å². The van der Waals surface area contributed by atoms with Gasteiger partial charge < -0.3 is 10.6 Å². The van der Waals surface area contributed by atoms with Crippen LogP contribution in [0.25, 0.3) is 10.1 Å². The Morgan fingerprint density at radius 3 is 2.94 bits per heavy atom. The minimum atomic E-state index is 0.137. The third-order valence-electron chi connectivity index (χ3n) is 3.50. The fraction of sp³-hybridized carbons (Fsp3) is 0.357. The number of benzene rings is 1. The zero-order valence-corrected chi connectivity index (χ0v) is 11.2. The molecule has 1 saturated heterocycles. The van der Waals surface area contributed by atoms with E-state index in [1.165, 1.54) is 4.70 Å². The zero-order valence-electron chi connectivity index (χ0n) is 10.3. The summed E-state index contributed by atoms with van der Waals surface area (Å²) in [6, 6.07) is 8.24. The Kier molecular flexibility index (Phi) is 2.84. The number of rotatable bonds is 1. The maximum absolute atomic E-state index is 12.6. The van der Waals surface area contributed by atoms with Crippen LogP contribution in [-0.2, 0) is 0 Å². The summed E-state index contributed by atoms with van der Waals surface area (Å²) in [5, 5.41) is 1.07. The number of amides is 1. The summed E-state index contributed by atoms with van der Waals surface area (Å²) in [5.41, 5.74) is 6.74. The SMILES string of the molecule is Cc1sc2ccccc2c1C(=O)N1CC[C@@H](N)C1. The number of fused-ring (bicyclic) bond motifs is 1. The van der Waals surface area contributed by atoms with E-state index in [2.05, 4.69) is 6.07 Å². The van der Waals surface area contributed by atoms with Crippen molar-refractivity contribution < 1.29 is 4.79 Å². The summed E-state index contributed by atoms with van der Waals surface area (Å²) in [6.45, 7) is 3.49. The number of carbonyl (C=O) groups excluding carboxylic acids is 1. The summed E-state index contributed by atoms with van der Waals surface area (Å²) in [4.78, 5) is 15.5. The van der Waals surface area contributed by atoms with Crippen molar-refractivity contribution in [3.8, 4) is 0 Å². The van der Waals surface area contributed by atoms with Crippen LogP contribution in [0.15, 0.2) is 24.3 Å². The Balaban J connectivity index is 2.03. The molecule has 1 amide bonds. The van der Waals surface area contributed by atoms with E-state index in [1.807, 2.05) is 30.0 Å². The molecule has 0 bridgehead atoms. The first-order valence-corrected chi connectivity index (χ1v) is 7.01. The number of hydrogen-bond acceptors (Lipinski definition) is 3. The van der Waals surface area contributed by atoms with Crippen LogP contribution >= 0.6 is 11.3 Å². The molecular weight excluding hydrogens is 244 g/mol. The highest BCUT2D eigenvalue weighted by Crippen LogP contribution is 2.32. The molecule has 0 radical (unpaired) electrons. The fourth-order valence-corrected chi connectivity index (χ4v) is 3.62. The van der Waals surface area contributed by atoms with Gasteiger partial charge in [-0.25, -0.2) is 0 Å². The number of nitrogens with zero attached hydrogens (tertiary/aromatic N) is 1. The molecule has 94 valence electrons. The van der Waals surface area contributed by atoms with Gasteiger partial charge in [-0.1, -0.05) is 18.2 Å². The molecule has 2 heterocycles. The lowest BCUT2D eigenvalue weighted by Gasteiger charge is -2.15. The van der Waals surface area contributed by atoms with Crippen molar-refractivity contribution in [1.29, 1.82) is 0 Å². The molecule has 2 N–H and O–H groups in total. The topological polar surface area (TPSA) is 46.3 Å². The van der Waals surface area contributed by atoms with Gasteiger partial charge in [0.1, 0.15) is 0 Å². The standard InChI is InChI=1S/C14H16N2OS/c1-9-13(11-4-2-3-5-12(11)18-9)14(17)16-7-6-10(15)8-16/h2-5,10H,6-8,15H2,1H3/t10-/m1/s1. The average molecular weight is 260 g/mol. The van der Waals surface area contributed by atoms with E-state index in [9.17, 15) is 4.79 Å². The van der Waals surface area contributed by atoms with E-state index < -0.39 is 0 Å². The molecule has 3 rings (SSSR count). The summed E-state index contributed by atoms with van der Waals surface area (Å²) >= 11 is 1.69. The second-order valence-corrected chi connectivity index (χ2v) is 6.09. The molecule has 1 aliphatic heterocycles. The molecule has 1 aliphatic rings. The highest BCUT2D eigenvalue weighted by molar-refractivity contribution is 7.19. The maximum atomic E-state index is 12.6. The highest BCUT2D eigenvalue weighted by atomic mass is 32.1. The van der Waals surface area contributed by atoms with Gasteiger partial charge in [0.05, 0.1) is 5.56 Å². The Hall–Kier alpha value is -1.39. The van der Waals surface area contributed by atoms with Gasteiger partial charge in [0.15, 0.2) is 0 Å². The van der Waals surface area contributed by atoms with Crippen LogP contribution in [0.4, 0.5) is 0 Å². The summed E-state index contributed by atoms with van der Waals surface area (Å²) in [5.74, 6) is 0.137. The average Bonchev–Trinajstić information content (AvgIpc) is 2.91. The second kappa shape index (κ2) is 4.37. The molecule has 2 aromatic rings. The second-order valence-electron chi connectivity index (χ2n) is 4.83. The molecule has 1 aromatic heterocycles. The molecule has 1 aromatic carbocycles. The summed E-state index contributed by atoms with van der Waals surface area (Å²) in [6.07, 6.45) is 0.910. The first-order chi connectivity index (χ1) is 8.66. The normalized spacial score (nSPS) is 19.7. The van der Waals surface area contributed by atoms with Crippen LogP contribution in [0.2, 0.25) is 0 Å². The minimum absolute atomic E-state index is 0.137. The van der Waals surface area contributed by atoms with Crippen LogP contribution in [0.1, 0.15) is 21.7 Å². The van der Waals surface area contributed by atoms with Crippen LogP contribution in [-0.4, -0.2) is 29.9 Å². The van der Waals surface area contributed by atoms with Gasteiger partial charge in [-0.05, 0) is 19.4 Å². The van der Waals surface area contributed by atoms with Crippen molar-refractivity contribution in [3.63, 3.8) is 0 Å². The minimum Gasteiger partial charge on any atom is -0.337 e. The fourth-order valence-electron chi connectivity index (χ4n) is 2.56. The van der Waals surface area contributed by atoms with Gasteiger partial charge in [-0.15, -0.1) is 11.3 Å². The Morgan fingerprint density at radius 1 is 1.44 bits per heavy atom. The molecule has 0 saturated carbocycles. The van der Waals surface area contributed by atoms with Crippen molar-refractivity contribution in [2.24, 2.45) is 5.73 Å². The highest BCUT2D eigenvalue weighted by Gasteiger charge is 2.27. The quantitative estimate of drug-likeness (QED) is 0.855. The van der Waals surface area contributed by atoms with Crippen LogP contribution in [0.5, 0.6) is 0 Å². The third-order valence-corrected chi connectivity index (χ3v) is 4.58. The first-order valence-electron chi connectivity index (χ1n) is 6.20. The Morgan fingerprint density at radius 2 is 2.22 bits per heavy atom. The lowest BCUT2D eigenvalue weighted by molar-refractivity contribution is 0.0792. The summed E-state index contributed by atoms with van der Waals surface area (Å²) in [7, 11) is 0. The molecule has 0 unspecified atom stereocenters. The van der Waals surface area contributed by atoms with Crippen LogP contribution in [0.3, 0.4) is 0 Å². The third kappa shape index (κ3) is 1.82. The molecular formula is C14H16N2OS. The van der Waals surface area contributed by atoms with E-state index in [-0.39, 0.29) is 11.9 Å². The van der Waals surface area contributed by atoms with Crippen molar-refractivity contribution in [2.75, 3.05) is 13.1 Å². The summed E-state index contributed by atoms with van der Waals surface area (Å²) < 4.78 is 1.18. The van der Waals surface area contributed by atoms with Crippen molar-refractivity contribution >= 4 is 27.3 Å². The predicted molar refractivity (Wildman–Crippen MR) is 75.1 cm³/mol. The molecule has 1 fully saturated rings. The van der Waals surface area contributed by atoms with Crippen molar-refractivity contribution in [3.05, 3.63) is 34.7 Å².